The average Bonchev–Trinajstić information content (AvgIpc) is 2.19. The van der Waals surface area contributed by atoms with E-state index >= 15 is 0 Å². The van der Waals surface area contributed by atoms with Crippen LogP contribution in [0.25, 0.3) is 11.3 Å². The molecule has 2 rings (SSSR count). The van der Waals surface area contributed by atoms with E-state index in [2.05, 4.69) is 43.1 Å². The average molecular weight is 182 g/mol. The van der Waals surface area contributed by atoms with Crippen molar-refractivity contribution in [2.24, 2.45) is 0 Å². The highest BCUT2D eigenvalue weighted by Gasteiger charge is 2.01. The van der Waals surface area contributed by atoms with Gasteiger partial charge in [0.25, 0.3) is 0 Å². The van der Waals surface area contributed by atoms with Gasteiger partial charge in [0.2, 0.25) is 0 Å². The van der Waals surface area contributed by atoms with Gasteiger partial charge in [0, 0.05) is 11.8 Å². The third-order valence-corrected chi connectivity index (χ3v) is 2.26. The van der Waals surface area contributed by atoms with Crippen LogP contribution in [0.1, 0.15) is 11.1 Å². The number of nitrogens with zero attached hydrogens (tertiary/aromatic N) is 1. The molecule has 1 heterocycles. The molecule has 69 valence electrons. The molecule has 1 nitrogen and oxygen atoms in total. The fourth-order valence-corrected chi connectivity index (χ4v) is 1.57. The van der Waals surface area contributed by atoms with Crippen molar-refractivity contribution in [3.05, 3.63) is 53.7 Å². The van der Waals surface area contributed by atoms with E-state index in [-0.39, 0.29) is 0 Å². The van der Waals surface area contributed by atoms with Crippen LogP contribution in [0, 0.1) is 19.9 Å². The monoisotopic (exact) mass is 182 g/mol. The number of aromatic nitrogens is 1. The third kappa shape index (κ3) is 1.67. The number of benzene rings is 1. The first-order chi connectivity index (χ1) is 6.77. The molecule has 0 aliphatic heterocycles. The minimum absolute atomic E-state index is 0.991. The van der Waals surface area contributed by atoms with Crippen LogP contribution in [0.15, 0.2) is 36.5 Å². The summed E-state index contributed by atoms with van der Waals surface area (Å²) in [5.74, 6) is 0. The van der Waals surface area contributed by atoms with E-state index in [1.165, 1.54) is 16.7 Å². The predicted molar refractivity (Wildman–Crippen MR) is 58.0 cm³/mol. The normalized spacial score (nSPS) is 10.1. The maximum absolute atomic E-state index is 4.31. The minimum atomic E-state index is 0.991. The van der Waals surface area contributed by atoms with Gasteiger partial charge in [0.1, 0.15) is 0 Å². The van der Waals surface area contributed by atoms with E-state index < -0.39 is 0 Å². The smallest absolute Gasteiger partial charge is 0.0710 e. The lowest BCUT2D eigenvalue weighted by Crippen LogP contribution is -1.86. The summed E-state index contributed by atoms with van der Waals surface area (Å²) in [6.45, 7) is 4.21. The summed E-state index contributed by atoms with van der Waals surface area (Å²) < 4.78 is 0. The van der Waals surface area contributed by atoms with E-state index in [9.17, 15) is 0 Å². The Morgan fingerprint density at radius 1 is 1.21 bits per heavy atom. The van der Waals surface area contributed by atoms with Crippen molar-refractivity contribution in [3.63, 3.8) is 0 Å². The Bertz CT molecular complexity index is 432. The largest absolute Gasteiger partial charge is 0.256 e. The first-order valence-corrected chi connectivity index (χ1v) is 4.67. The van der Waals surface area contributed by atoms with Gasteiger partial charge < -0.3 is 0 Å². The zero-order valence-electron chi connectivity index (χ0n) is 8.41. The fourth-order valence-electron chi connectivity index (χ4n) is 1.57. The van der Waals surface area contributed by atoms with Crippen molar-refractivity contribution >= 4 is 0 Å². The number of rotatable bonds is 1. The van der Waals surface area contributed by atoms with Gasteiger partial charge in [-0.15, -0.1) is 0 Å². The molecule has 1 aromatic heterocycles. The van der Waals surface area contributed by atoms with E-state index in [0.29, 0.717) is 0 Å². The van der Waals surface area contributed by atoms with Crippen LogP contribution in [-0.4, -0.2) is 4.98 Å². The van der Waals surface area contributed by atoms with Crippen molar-refractivity contribution in [3.8, 4) is 11.3 Å². The number of hydrogen-bond acceptors (Lipinski definition) is 1. The Morgan fingerprint density at radius 2 is 2.07 bits per heavy atom. The van der Waals surface area contributed by atoms with E-state index in [0.717, 1.165) is 5.69 Å². The van der Waals surface area contributed by atoms with Crippen LogP contribution in [0.3, 0.4) is 0 Å². The highest BCUT2D eigenvalue weighted by atomic mass is 14.7. The zero-order valence-corrected chi connectivity index (χ0v) is 8.41. The Hall–Kier alpha value is -1.63. The molecule has 0 atom stereocenters. The van der Waals surface area contributed by atoms with Crippen molar-refractivity contribution in [1.29, 1.82) is 0 Å². The lowest BCUT2D eigenvalue weighted by molar-refractivity contribution is 1.29. The maximum atomic E-state index is 4.31. The molecule has 2 aromatic rings. The van der Waals surface area contributed by atoms with Crippen LogP contribution >= 0.6 is 0 Å². The SMILES string of the molecule is Cc1ccc(-c2c[c]ccn2)c(C)c1. The molecule has 0 bridgehead atoms. The molecule has 0 N–H and O–H groups in total. The Kier molecular flexibility index (Phi) is 2.32. The molecule has 0 unspecified atom stereocenters. The zero-order chi connectivity index (χ0) is 9.97. The summed E-state index contributed by atoms with van der Waals surface area (Å²) in [4.78, 5) is 4.31. The fraction of sp³-hybridized carbons (Fsp3) is 0.154. The highest BCUT2D eigenvalue weighted by molar-refractivity contribution is 5.63. The summed E-state index contributed by atoms with van der Waals surface area (Å²) in [6.07, 6.45) is 1.77. The summed E-state index contributed by atoms with van der Waals surface area (Å²) in [5.41, 5.74) is 4.72. The molecule has 0 aliphatic carbocycles. The lowest BCUT2D eigenvalue weighted by atomic mass is 10.0. The van der Waals surface area contributed by atoms with E-state index in [1.807, 2.05) is 12.1 Å². The van der Waals surface area contributed by atoms with Gasteiger partial charge in [0.15, 0.2) is 0 Å². The molecule has 1 radical (unpaired) electrons. The first kappa shape index (κ1) is 8.95. The van der Waals surface area contributed by atoms with Gasteiger partial charge in [-0.2, -0.15) is 0 Å². The van der Waals surface area contributed by atoms with Gasteiger partial charge in [-0.25, -0.2) is 0 Å². The van der Waals surface area contributed by atoms with Gasteiger partial charge in [-0.1, -0.05) is 23.8 Å². The molecular formula is C13H12N. The van der Waals surface area contributed by atoms with Crippen LogP contribution in [0.4, 0.5) is 0 Å². The summed E-state index contributed by atoms with van der Waals surface area (Å²) in [5, 5.41) is 0. The van der Waals surface area contributed by atoms with Crippen molar-refractivity contribution in [2.75, 3.05) is 0 Å². The lowest BCUT2D eigenvalue weighted by Gasteiger charge is -2.05. The molecule has 0 amide bonds. The van der Waals surface area contributed by atoms with Gasteiger partial charge in [-0.3, -0.25) is 4.98 Å². The molecular weight excluding hydrogens is 170 g/mol. The highest BCUT2D eigenvalue weighted by Crippen LogP contribution is 2.21. The second kappa shape index (κ2) is 3.62. The van der Waals surface area contributed by atoms with Gasteiger partial charge in [-0.05, 0) is 37.6 Å². The summed E-state index contributed by atoms with van der Waals surface area (Å²) >= 11 is 0. The summed E-state index contributed by atoms with van der Waals surface area (Å²) in [6, 6.07) is 13.2. The first-order valence-electron chi connectivity index (χ1n) is 4.67. The molecule has 14 heavy (non-hydrogen) atoms. The van der Waals surface area contributed by atoms with Gasteiger partial charge >= 0.3 is 0 Å². The van der Waals surface area contributed by atoms with E-state index in [1.54, 1.807) is 6.20 Å². The van der Waals surface area contributed by atoms with Crippen LogP contribution < -0.4 is 0 Å². The topological polar surface area (TPSA) is 12.9 Å². The summed E-state index contributed by atoms with van der Waals surface area (Å²) in [7, 11) is 0. The van der Waals surface area contributed by atoms with Crippen molar-refractivity contribution in [1.82, 2.24) is 4.98 Å². The van der Waals surface area contributed by atoms with Crippen LogP contribution in [-0.2, 0) is 0 Å². The van der Waals surface area contributed by atoms with Gasteiger partial charge in [0.05, 0.1) is 5.69 Å². The molecule has 0 saturated heterocycles. The quantitative estimate of drug-likeness (QED) is 0.660. The molecule has 0 fully saturated rings. The van der Waals surface area contributed by atoms with Crippen LogP contribution in [0.2, 0.25) is 0 Å². The number of pyridine rings is 1. The molecule has 1 aromatic carbocycles. The minimum Gasteiger partial charge on any atom is -0.256 e. The molecule has 0 spiro atoms. The number of aryl methyl sites for hydroxylation is 2. The second-order valence-electron chi connectivity index (χ2n) is 3.46. The standard InChI is InChI=1S/C13H12N/c1-10-6-7-12(11(2)9-10)13-5-3-4-8-14-13/h4-9H,1-2H3. The van der Waals surface area contributed by atoms with Crippen LogP contribution in [0.5, 0.6) is 0 Å². The van der Waals surface area contributed by atoms with Crippen molar-refractivity contribution in [2.45, 2.75) is 13.8 Å². The second-order valence-corrected chi connectivity index (χ2v) is 3.46. The number of hydrogen-bond donors (Lipinski definition) is 0. The molecule has 0 saturated carbocycles. The molecule has 0 aliphatic rings. The van der Waals surface area contributed by atoms with Crippen molar-refractivity contribution < 1.29 is 0 Å². The Labute approximate surface area is 84.4 Å². The Morgan fingerprint density at radius 3 is 2.71 bits per heavy atom. The van der Waals surface area contributed by atoms with E-state index in [4.69, 9.17) is 0 Å². The molecule has 1 heteroatoms. The predicted octanol–water partition coefficient (Wildman–Crippen LogP) is 3.17. The third-order valence-electron chi connectivity index (χ3n) is 2.26. The maximum Gasteiger partial charge on any atom is 0.0710 e. The Balaban J connectivity index is 2.53.